The first kappa shape index (κ1) is 20.5. The van der Waals surface area contributed by atoms with Gasteiger partial charge < -0.3 is 19.7 Å². The SMILES string of the molecule is CC=CN1CCC(Nc2n[nH]c3ncnc(C#Cc4cc(OC)cc(OC)c4)c23)CC1. The summed E-state index contributed by atoms with van der Waals surface area (Å²) in [4.78, 5) is 11.0. The zero-order valence-electron chi connectivity index (χ0n) is 18.0. The Kier molecular flexibility index (Phi) is 6.22. The summed E-state index contributed by atoms with van der Waals surface area (Å²) < 4.78 is 10.7. The third kappa shape index (κ3) is 4.72. The Labute approximate surface area is 181 Å². The molecule has 0 bridgehead atoms. The molecular formula is C23H26N6O2. The maximum Gasteiger partial charge on any atom is 0.162 e. The maximum absolute atomic E-state index is 5.33. The highest BCUT2D eigenvalue weighted by molar-refractivity contribution is 5.91. The summed E-state index contributed by atoms with van der Waals surface area (Å²) in [6.07, 6.45) is 7.80. The van der Waals surface area contributed by atoms with E-state index in [4.69, 9.17) is 9.47 Å². The molecule has 2 N–H and O–H groups in total. The van der Waals surface area contributed by atoms with E-state index in [-0.39, 0.29) is 0 Å². The first-order valence-electron chi connectivity index (χ1n) is 10.3. The summed E-state index contributed by atoms with van der Waals surface area (Å²) >= 11 is 0. The van der Waals surface area contributed by atoms with Crippen molar-refractivity contribution in [3.05, 3.63) is 48.1 Å². The van der Waals surface area contributed by atoms with E-state index in [1.807, 2.05) is 25.1 Å². The third-order valence-corrected chi connectivity index (χ3v) is 5.26. The molecule has 1 saturated heterocycles. The van der Waals surface area contributed by atoms with Gasteiger partial charge in [-0.25, -0.2) is 9.97 Å². The Hall–Kier alpha value is -3.73. The molecule has 3 aromatic rings. The number of benzene rings is 1. The number of hydrogen-bond donors (Lipinski definition) is 2. The smallest absolute Gasteiger partial charge is 0.162 e. The topological polar surface area (TPSA) is 88.2 Å². The van der Waals surface area contributed by atoms with E-state index in [0.717, 1.165) is 42.7 Å². The van der Waals surface area contributed by atoms with Gasteiger partial charge in [0.05, 0.1) is 19.6 Å². The molecule has 1 aliphatic rings. The van der Waals surface area contributed by atoms with Crippen molar-refractivity contribution in [2.75, 3.05) is 32.6 Å². The Bertz CT molecular complexity index is 1110. The Morgan fingerprint density at radius 2 is 1.84 bits per heavy atom. The molecule has 8 nitrogen and oxygen atoms in total. The Morgan fingerprint density at radius 3 is 2.52 bits per heavy atom. The highest BCUT2D eigenvalue weighted by atomic mass is 16.5. The molecule has 0 spiro atoms. The highest BCUT2D eigenvalue weighted by Crippen LogP contribution is 2.25. The minimum atomic E-state index is 0.344. The molecule has 160 valence electrons. The van der Waals surface area contributed by atoms with Crippen LogP contribution >= 0.6 is 0 Å². The van der Waals surface area contributed by atoms with Crippen LogP contribution in [0.25, 0.3) is 11.0 Å². The molecule has 0 aliphatic carbocycles. The molecule has 1 aliphatic heterocycles. The summed E-state index contributed by atoms with van der Waals surface area (Å²) in [5, 5.41) is 11.8. The number of piperidine rings is 1. The summed E-state index contributed by atoms with van der Waals surface area (Å²) in [6, 6.07) is 5.88. The fraction of sp³-hybridized carbons (Fsp3) is 0.348. The second kappa shape index (κ2) is 9.39. The lowest BCUT2D eigenvalue weighted by molar-refractivity contribution is 0.293. The quantitative estimate of drug-likeness (QED) is 0.615. The minimum Gasteiger partial charge on any atom is -0.497 e. The van der Waals surface area contributed by atoms with Gasteiger partial charge >= 0.3 is 0 Å². The molecule has 0 amide bonds. The van der Waals surface area contributed by atoms with Crippen LogP contribution in [-0.4, -0.2) is 58.4 Å². The number of anilines is 1. The molecule has 0 saturated carbocycles. The van der Waals surface area contributed by atoms with Crippen molar-refractivity contribution in [3.8, 4) is 23.3 Å². The van der Waals surface area contributed by atoms with Gasteiger partial charge in [-0.05, 0) is 44.0 Å². The lowest BCUT2D eigenvalue weighted by atomic mass is 10.1. The molecule has 2 aromatic heterocycles. The van der Waals surface area contributed by atoms with Gasteiger partial charge in [0, 0.05) is 30.8 Å². The van der Waals surface area contributed by atoms with Crippen molar-refractivity contribution in [1.29, 1.82) is 0 Å². The molecule has 31 heavy (non-hydrogen) atoms. The van der Waals surface area contributed by atoms with Gasteiger partial charge in [0.25, 0.3) is 0 Å². The van der Waals surface area contributed by atoms with Crippen LogP contribution < -0.4 is 14.8 Å². The normalized spacial score (nSPS) is 14.5. The first-order valence-corrected chi connectivity index (χ1v) is 10.3. The van der Waals surface area contributed by atoms with Gasteiger partial charge in [-0.1, -0.05) is 12.0 Å². The fourth-order valence-electron chi connectivity index (χ4n) is 3.67. The molecular weight excluding hydrogens is 392 g/mol. The monoisotopic (exact) mass is 418 g/mol. The van der Waals surface area contributed by atoms with E-state index in [1.54, 1.807) is 14.2 Å². The zero-order valence-corrected chi connectivity index (χ0v) is 18.0. The summed E-state index contributed by atoms with van der Waals surface area (Å²) in [6.45, 7) is 4.08. The van der Waals surface area contributed by atoms with Crippen LogP contribution in [0.3, 0.4) is 0 Å². The number of hydrogen-bond acceptors (Lipinski definition) is 7. The molecule has 1 fully saturated rings. The summed E-state index contributed by atoms with van der Waals surface area (Å²) in [5.74, 6) is 8.44. The Balaban J connectivity index is 1.60. The number of aromatic amines is 1. The number of nitrogens with zero attached hydrogens (tertiary/aromatic N) is 4. The van der Waals surface area contributed by atoms with Crippen LogP contribution in [0.4, 0.5) is 5.82 Å². The predicted molar refractivity (Wildman–Crippen MR) is 120 cm³/mol. The summed E-state index contributed by atoms with van der Waals surface area (Å²) in [5.41, 5.74) is 2.06. The second-order valence-corrected chi connectivity index (χ2v) is 7.31. The molecule has 0 unspecified atom stereocenters. The first-order chi connectivity index (χ1) is 15.2. The number of allylic oxidation sites excluding steroid dienone is 1. The van der Waals surface area contributed by atoms with E-state index >= 15 is 0 Å². The van der Waals surface area contributed by atoms with E-state index < -0.39 is 0 Å². The Morgan fingerprint density at radius 1 is 1.10 bits per heavy atom. The number of likely N-dealkylation sites (tertiary alicyclic amines) is 1. The van der Waals surface area contributed by atoms with E-state index in [1.165, 1.54) is 6.33 Å². The average Bonchev–Trinajstić information content (AvgIpc) is 3.22. The number of H-pyrrole nitrogens is 1. The van der Waals surface area contributed by atoms with Crippen molar-refractivity contribution < 1.29 is 9.47 Å². The highest BCUT2D eigenvalue weighted by Gasteiger charge is 2.20. The average molecular weight is 419 g/mol. The van der Waals surface area contributed by atoms with Crippen LogP contribution in [0.5, 0.6) is 11.5 Å². The van der Waals surface area contributed by atoms with Gasteiger partial charge in [-0.3, -0.25) is 5.10 Å². The van der Waals surface area contributed by atoms with Gasteiger partial charge in [0.1, 0.15) is 23.5 Å². The van der Waals surface area contributed by atoms with Crippen LogP contribution in [0.2, 0.25) is 0 Å². The zero-order chi connectivity index (χ0) is 21.6. The molecule has 0 atom stereocenters. The number of aromatic nitrogens is 4. The van der Waals surface area contributed by atoms with E-state index in [9.17, 15) is 0 Å². The molecule has 8 heteroatoms. The predicted octanol–water partition coefficient (Wildman–Crippen LogP) is 3.18. The number of fused-ring (bicyclic) bond motifs is 1. The molecule has 0 radical (unpaired) electrons. The lowest BCUT2D eigenvalue weighted by Gasteiger charge is -2.31. The van der Waals surface area contributed by atoms with Gasteiger partial charge in [-0.15, -0.1) is 0 Å². The third-order valence-electron chi connectivity index (χ3n) is 5.26. The number of rotatable bonds is 5. The lowest BCUT2D eigenvalue weighted by Crippen LogP contribution is -2.36. The van der Waals surface area contributed by atoms with Crippen molar-refractivity contribution in [1.82, 2.24) is 25.1 Å². The fourth-order valence-corrected chi connectivity index (χ4v) is 3.67. The van der Waals surface area contributed by atoms with Crippen molar-refractivity contribution in [3.63, 3.8) is 0 Å². The van der Waals surface area contributed by atoms with Crippen LogP contribution in [0.15, 0.2) is 36.8 Å². The maximum atomic E-state index is 5.33. The molecule has 4 rings (SSSR count). The van der Waals surface area contributed by atoms with E-state index in [2.05, 4.69) is 54.5 Å². The summed E-state index contributed by atoms with van der Waals surface area (Å²) in [7, 11) is 3.23. The van der Waals surface area contributed by atoms with E-state index in [0.29, 0.717) is 28.9 Å². The van der Waals surface area contributed by atoms with Crippen molar-refractivity contribution in [2.45, 2.75) is 25.8 Å². The largest absolute Gasteiger partial charge is 0.497 e. The number of ether oxygens (including phenoxy) is 2. The molecule has 3 heterocycles. The van der Waals surface area contributed by atoms with Crippen molar-refractivity contribution in [2.24, 2.45) is 0 Å². The number of methoxy groups -OCH3 is 2. The van der Waals surface area contributed by atoms with Crippen LogP contribution in [-0.2, 0) is 0 Å². The molecule has 1 aromatic carbocycles. The van der Waals surface area contributed by atoms with Gasteiger partial charge in [0.15, 0.2) is 11.5 Å². The van der Waals surface area contributed by atoms with Gasteiger partial charge in [-0.2, -0.15) is 5.10 Å². The van der Waals surface area contributed by atoms with Crippen LogP contribution in [0, 0.1) is 11.8 Å². The van der Waals surface area contributed by atoms with Crippen LogP contribution in [0.1, 0.15) is 31.0 Å². The minimum absolute atomic E-state index is 0.344. The second-order valence-electron chi connectivity index (χ2n) is 7.31. The van der Waals surface area contributed by atoms with Gasteiger partial charge in [0.2, 0.25) is 0 Å². The number of nitrogens with one attached hydrogen (secondary N) is 2. The standard InChI is InChI=1S/C23H26N6O2/c1-4-9-29-10-7-17(8-11-29)26-23-21-20(24-15-25-22(21)27-28-23)6-5-16-12-18(30-2)14-19(13-16)31-3/h4,9,12-15,17H,7-8,10-11H2,1-3H3,(H2,24,25,26,27,28). The van der Waals surface area contributed by atoms with Crippen molar-refractivity contribution >= 4 is 16.9 Å².